The summed E-state index contributed by atoms with van der Waals surface area (Å²) >= 11 is 1.80. The normalized spacial score (nSPS) is 20.2. The third-order valence-electron chi connectivity index (χ3n) is 5.33. The highest BCUT2D eigenvalue weighted by Gasteiger charge is 2.31. The Morgan fingerprint density at radius 1 is 1.21 bits per heavy atom. The van der Waals surface area contributed by atoms with Crippen LogP contribution in [0.5, 0.6) is 0 Å². The van der Waals surface area contributed by atoms with Crippen molar-refractivity contribution < 1.29 is 8.78 Å². The van der Waals surface area contributed by atoms with Gasteiger partial charge in [0.05, 0.1) is 0 Å². The largest absolute Gasteiger partial charge is 0.356 e. The van der Waals surface area contributed by atoms with Crippen molar-refractivity contribution in [2.24, 2.45) is 10.9 Å². The minimum Gasteiger partial charge on any atom is -0.356 e. The van der Waals surface area contributed by atoms with Crippen LogP contribution in [0.3, 0.4) is 0 Å². The molecule has 2 aromatic rings. The molecule has 1 fully saturated rings. The van der Waals surface area contributed by atoms with E-state index in [2.05, 4.69) is 45.1 Å². The minimum absolute atomic E-state index is 0. The van der Waals surface area contributed by atoms with Crippen LogP contribution in [0.1, 0.15) is 29.3 Å². The Bertz CT molecular complexity index is 765. The Morgan fingerprint density at radius 3 is 2.62 bits per heavy atom. The van der Waals surface area contributed by atoms with Gasteiger partial charge < -0.3 is 10.6 Å². The Balaban J connectivity index is 0.00000300. The predicted molar refractivity (Wildman–Crippen MR) is 127 cm³/mol. The number of halogens is 3. The molecule has 160 valence electrons. The summed E-state index contributed by atoms with van der Waals surface area (Å²) in [4.78, 5) is 8.08. The van der Waals surface area contributed by atoms with Crippen LogP contribution in [-0.4, -0.2) is 44.6 Å². The van der Waals surface area contributed by atoms with Gasteiger partial charge in [0.1, 0.15) is 11.6 Å². The number of guanidine groups is 1. The zero-order chi connectivity index (χ0) is 19.9. The highest BCUT2D eigenvalue weighted by molar-refractivity contribution is 14.0. The molecular weight excluding hydrogens is 505 g/mol. The van der Waals surface area contributed by atoms with Gasteiger partial charge >= 0.3 is 0 Å². The second-order valence-corrected chi connectivity index (χ2v) is 8.15. The molecule has 0 radical (unpaired) electrons. The van der Waals surface area contributed by atoms with E-state index in [4.69, 9.17) is 0 Å². The zero-order valence-corrected chi connectivity index (χ0v) is 20.0. The van der Waals surface area contributed by atoms with Crippen LogP contribution in [0.2, 0.25) is 0 Å². The number of aliphatic imine (C=N–C) groups is 1. The molecule has 0 spiro atoms. The first-order chi connectivity index (χ1) is 13.6. The van der Waals surface area contributed by atoms with Gasteiger partial charge in [-0.2, -0.15) is 0 Å². The van der Waals surface area contributed by atoms with E-state index in [0.29, 0.717) is 24.5 Å². The molecule has 1 aromatic heterocycles. The van der Waals surface area contributed by atoms with Gasteiger partial charge in [-0.1, -0.05) is 12.1 Å². The van der Waals surface area contributed by atoms with E-state index < -0.39 is 11.6 Å². The van der Waals surface area contributed by atoms with Crippen molar-refractivity contribution in [3.05, 3.63) is 57.8 Å². The fraction of sp³-hybridized carbons (Fsp3) is 0.476. The van der Waals surface area contributed by atoms with Crippen LogP contribution in [0.4, 0.5) is 8.78 Å². The van der Waals surface area contributed by atoms with E-state index in [-0.39, 0.29) is 36.0 Å². The van der Waals surface area contributed by atoms with E-state index in [1.165, 1.54) is 29.5 Å². The van der Waals surface area contributed by atoms with Crippen LogP contribution in [0, 0.1) is 17.6 Å². The number of hydrogen-bond donors (Lipinski definition) is 2. The fourth-order valence-electron chi connectivity index (χ4n) is 3.91. The number of nitrogens with one attached hydrogen (secondary N) is 2. The van der Waals surface area contributed by atoms with Crippen molar-refractivity contribution in [2.75, 3.05) is 33.7 Å². The number of hydrogen-bond acceptors (Lipinski definition) is 3. The topological polar surface area (TPSA) is 39.7 Å². The summed E-state index contributed by atoms with van der Waals surface area (Å²) in [5.41, 5.74) is 0.108. The Kier molecular flexibility index (Phi) is 9.78. The zero-order valence-electron chi connectivity index (χ0n) is 16.8. The number of likely N-dealkylation sites (tertiary alicyclic amines) is 1. The Morgan fingerprint density at radius 2 is 1.97 bits per heavy atom. The first-order valence-corrected chi connectivity index (χ1v) is 10.6. The molecule has 1 aliphatic rings. The molecule has 1 saturated heterocycles. The van der Waals surface area contributed by atoms with Crippen LogP contribution < -0.4 is 10.6 Å². The lowest BCUT2D eigenvalue weighted by molar-refractivity contribution is 0.125. The van der Waals surface area contributed by atoms with Crippen LogP contribution in [0.25, 0.3) is 0 Å². The van der Waals surface area contributed by atoms with Crippen LogP contribution >= 0.6 is 35.3 Å². The fourth-order valence-corrected chi connectivity index (χ4v) is 4.89. The first-order valence-electron chi connectivity index (χ1n) is 9.71. The minimum atomic E-state index is -0.506. The number of piperidine rings is 1. The van der Waals surface area contributed by atoms with Crippen molar-refractivity contribution in [1.29, 1.82) is 0 Å². The lowest BCUT2D eigenvalue weighted by atomic mass is 9.88. The van der Waals surface area contributed by atoms with E-state index in [9.17, 15) is 8.78 Å². The Labute approximate surface area is 192 Å². The SMILES string of the molecule is CN=C(NCCc1c(F)cccc1F)NCC1CCCN(C)C1c1cccs1.I. The second kappa shape index (κ2) is 11.8. The summed E-state index contributed by atoms with van der Waals surface area (Å²) in [5.74, 6) is 0.137. The van der Waals surface area contributed by atoms with Crippen molar-refractivity contribution in [2.45, 2.75) is 25.3 Å². The number of rotatable bonds is 6. The van der Waals surface area contributed by atoms with Crippen molar-refractivity contribution in [3.63, 3.8) is 0 Å². The smallest absolute Gasteiger partial charge is 0.190 e. The standard InChI is InChI=1S/C21H28F2N4S.HI/c1-24-21(25-11-10-16-17(22)7-3-8-18(16)23)26-14-15-6-4-12-27(2)20(15)19-9-5-13-28-19;/h3,5,7-9,13,15,20H,4,6,10-12,14H2,1-2H3,(H2,24,25,26);1H. The molecule has 0 bridgehead atoms. The average Bonchev–Trinajstić information content (AvgIpc) is 3.20. The molecule has 0 saturated carbocycles. The van der Waals surface area contributed by atoms with Crippen LogP contribution in [0.15, 0.2) is 40.7 Å². The molecular formula is C21H29F2IN4S. The van der Waals surface area contributed by atoms with Crippen molar-refractivity contribution in [3.8, 4) is 0 Å². The van der Waals surface area contributed by atoms with Crippen molar-refractivity contribution >= 4 is 41.3 Å². The maximum Gasteiger partial charge on any atom is 0.190 e. The molecule has 0 amide bonds. The number of nitrogens with zero attached hydrogens (tertiary/aromatic N) is 2. The van der Waals surface area contributed by atoms with Crippen molar-refractivity contribution in [1.82, 2.24) is 15.5 Å². The summed E-state index contributed by atoms with van der Waals surface area (Å²) < 4.78 is 27.5. The van der Waals surface area contributed by atoms with E-state index >= 15 is 0 Å². The molecule has 8 heteroatoms. The highest BCUT2D eigenvalue weighted by Crippen LogP contribution is 2.36. The molecule has 2 heterocycles. The third kappa shape index (κ3) is 6.36. The number of thiophene rings is 1. The molecule has 3 rings (SSSR count). The van der Waals surface area contributed by atoms with Crippen LogP contribution in [-0.2, 0) is 6.42 Å². The van der Waals surface area contributed by atoms with Gasteiger partial charge in [-0.05, 0) is 62.4 Å². The van der Waals surface area contributed by atoms with Gasteiger partial charge in [0, 0.05) is 36.6 Å². The van der Waals surface area contributed by atoms with E-state index in [0.717, 1.165) is 19.5 Å². The summed E-state index contributed by atoms with van der Waals surface area (Å²) in [6.07, 6.45) is 2.61. The lowest BCUT2D eigenvalue weighted by Gasteiger charge is -2.39. The molecule has 1 aromatic carbocycles. The molecule has 2 atom stereocenters. The monoisotopic (exact) mass is 534 g/mol. The summed E-state index contributed by atoms with van der Waals surface area (Å²) in [6, 6.07) is 8.68. The lowest BCUT2D eigenvalue weighted by Crippen LogP contribution is -2.45. The van der Waals surface area contributed by atoms with E-state index in [1.807, 2.05) is 0 Å². The highest BCUT2D eigenvalue weighted by atomic mass is 127. The summed E-state index contributed by atoms with van der Waals surface area (Å²) in [5, 5.41) is 8.69. The molecule has 0 aliphatic carbocycles. The van der Waals surface area contributed by atoms with Gasteiger partial charge in [-0.15, -0.1) is 35.3 Å². The van der Waals surface area contributed by atoms with Gasteiger partial charge in [0.2, 0.25) is 0 Å². The quantitative estimate of drug-likeness (QED) is 0.327. The molecule has 2 unspecified atom stereocenters. The molecule has 29 heavy (non-hydrogen) atoms. The maximum absolute atomic E-state index is 13.7. The van der Waals surface area contributed by atoms with Gasteiger partial charge in [-0.3, -0.25) is 9.89 Å². The summed E-state index contributed by atoms with van der Waals surface area (Å²) in [7, 11) is 3.90. The second-order valence-electron chi connectivity index (χ2n) is 7.17. The maximum atomic E-state index is 13.7. The predicted octanol–water partition coefficient (Wildman–Crippen LogP) is 4.43. The van der Waals surface area contributed by atoms with Gasteiger partial charge in [0.25, 0.3) is 0 Å². The van der Waals surface area contributed by atoms with Gasteiger partial charge in [0.15, 0.2) is 5.96 Å². The third-order valence-corrected chi connectivity index (χ3v) is 6.27. The average molecular weight is 534 g/mol. The molecule has 1 aliphatic heterocycles. The van der Waals surface area contributed by atoms with Gasteiger partial charge in [-0.25, -0.2) is 8.78 Å². The first kappa shape index (κ1) is 24.0. The molecule has 2 N–H and O–H groups in total. The number of benzene rings is 1. The van der Waals surface area contributed by atoms with E-state index in [1.54, 1.807) is 18.4 Å². The summed E-state index contributed by atoms with van der Waals surface area (Å²) in [6.45, 7) is 2.33. The molecule has 4 nitrogen and oxygen atoms in total. The Hall–Kier alpha value is -1.26.